The number of nitrogens with zero attached hydrogens (tertiary/aromatic N) is 2. The molecule has 0 bridgehead atoms. The van der Waals surface area contributed by atoms with Gasteiger partial charge in [0.1, 0.15) is 0 Å². The molecule has 0 radical (unpaired) electrons. The maximum absolute atomic E-state index is 2.66. The highest BCUT2D eigenvalue weighted by atomic mass is 15.3. The van der Waals surface area contributed by atoms with Crippen molar-refractivity contribution in [2.75, 3.05) is 31.1 Å². The fraction of sp³-hybridized carbons (Fsp3) is 0.556. The summed E-state index contributed by atoms with van der Waals surface area (Å²) >= 11 is 0. The molecule has 0 spiro atoms. The Bertz CT molecular complexity index is 484. The van der Waals surface area contributed by atoms with Crippen LogP contribution >= 0.6 is 0 Å². The zero-order chi connectivity index (χ0) is 13.9. The summed E-state index contributed by atoms with van der Waals surface area (Å²) in [6.07, 6.45) is 8.78. The van der Waals surface area contributed by atoms with Gasteiger partial charge in [-0.2, -0.15) is 0 Å². The Balaban J connectivity index is 1.65. The first-order valence-corrected chi connectivity index (χ1v) is 7.97. The Kier molecular flexibility index (Phi) is 4.11. The molecule has 1 heterocycles. The number of hydrogen-bond acceptors (Lipinski definition) is 2. The van der Waals surface area contributed by atoms with E-state index in [0.717, 1.165) is 13.1 Å². The number of rotatable bonds is 2. The number of allylic oxidation sites excluding steroid dienone is 1. The van der Waals surface area contributed by atoms with E-state index in [1.807, 2.05) is 0 Å². The molecule has 0 saturated carbocycles. The highest BCUT2D eigenvalue weighted by molar-refractivity contribution is 5.56. The van der Waals surface area contributed by atoms with Gasteiger partial charge < -0.3 is 4.90 Å². The Hall–Kier alpha value is -1.28. The van der Waals surface area contributed by atoms with Crippen LogP contribution < -0.4 is 4.90 Å². The molecule has 2 nitrogen and oxygen atoms in total. The van der Waals surface area contributed by atoms with Gasteiger partial charge in [0.2, 0.25) is 0 Å². The molecule has 1 fully saturated rings. The summed E-state index contributed by atoms with van der Waals surface area (Å²) in [5.74, 6) is 0. The van der Waals surface area contributed by atoms with Gasteiger partial charge in [-0.25, -0.2) is 0 Å². The lowest BCUT2D eigenvalue weighted by Crippen LogP contribution is -2.50. The second kappa shape index (κ2) is 6.01. The molecule has 2 aliphatic rings. The molecular weight excluding hydrogens is 244 g/mol. The first-order chi connectivity index (χ1) is 9.75. The predicted molar refractivity (Wildman–Crippen MR) is 86.5 cm³/mol. The third kappa shape index (κ3) is 2.76. The number of hydrogen-bond donors (Lipinski definition) is 0. The molecule has 1 atom stereocenters. The molecule has 1 aliphatic heterocycles. The van der Waals surface area contributed by atoms with Gasteiger partial charge in [-0.15, -0.1) is 0 Å². The molecule has 20 heavy (non-hydrogen) atoms. The second-order valence-electron chi connectivity index (χ2n) is 6.17. The minimum absolute atomic E-state index is 0.699. The quantitative estimate of drug-likeness (QED) is 0.759. The van der Waals surface area contributed by atoms with Gasteiger partial charge in [0.05, 0.1) is 0 Å². The van der Waals surface area contributed by atoms with Crippen LogP contribution in [-0.2, 0) is 0 Å². The van der Waals surface area contributed by atoms with Gasteiger partial charge in [-0.1, -0.05) is 24.3 Å². The summed E-state index contributed by atoms with van der Waals surface area (Å²) in [6.45, 7) is 9.18. The molecule has 1 aromatic rings. The van der Waals surface area contributed by atoms with Crippen molar-refractivity contribution in [3.05, 3.63) is 41.5 Å². The highest BCUT2D eigenvalue weighted by Gasteiger charge is 2.23. The molecule has 1 saturated heterocycles. The summed E-state index contributed by atoms with van der Waals surface area (Å²) in [5, 5.41) is 0. The van der Waals surface area contributed by atoms with E-state index < -0.39 is 0 Å². The molecule has 2 heteroatoms. The number of aryl methyl sites for hydroxylation is 1. The van der Waals surface area contributed by atoms with E-state index in [2.05, 4.69) is 54.0 Å². The lowest BCUT2D eigenvalue weighted by Gasteiger charge is -2.40. The zero-order valence-corrected chi connectivity index (χ0v) is 12.8. The average molecular weight is 270 g/mol. The third-order valence-corrected chi connectivity index (χ3v) is 4.93. The van der Waals surface area contributed by atoms with E-state index in [9.17, 15) is 0 Å². The molecule has 1 aromatic carbocycles. The van der Waals surface area contributed by atoms with E-state index in [4.69, 9.17) is 0 Å². The van der Waals surface area contributed by atoms with Crippen LogP contribution in [0.4, 0.5) is 5.69 Å². The Labute approximate surface area is 123 Å². The summed E-state index contributed by atoms with van der Waals surface area (Å²) in [7, 11) is 0. The van der Waals surface area contributed by atoms with Crippen molar-refractivity contribution in [1.82, 2.24) is 4.90 Å². The van der Waals surface area contributed by atoms with Crippen molar-refractivity contribution in [2.24, 2.45) is 0 Å². The topological polar surface area (TPSA) is 6.48 Å². The van der Waals surface area contributed by atoms with E-state index >= 15 is 0 Å². The molecule has 1 aliphatic carbocycles. The fourth-order valence-corrected chi connectivity index (χ4v) is 3.47. The minimum Gasteiger partial charge on any atom is -0.369 e. The van der Waals surface area contributed by atoms with Gasteiger partial charge >= 0.3 is 0 Å². The standard InChI is InChI=1S/C18H26N2/c1-15-7-6-10-18(16(15)2)20-13-11-19(12-14-20)17-8-4-3-5-9-17/h4,6-8,10,17H,3,5,9,11-14H2,1-2H3. The van der Waals surface area contributed by atoms with Crippen molar-refractivity contribution >= 4 is 5.69 Å². The van der Waals surface area contributed by atoms with Crippen LogP contribution in [0.3, 0.4) is 0 Å². The molecule has 1 unspecified atom stereocenters. The van der Waals surface area contributed by atoms with Crippen molar-refractivity contribution < 1.29 is 0 Å². The lowest BCUT2D eigenvalue weighted by molar-refractivity contribution is 0.202. The van der Waals surface area contributed by atoms with Gasteiger partial charge in [0, 0.05) is 37.9 Å². The van der Waals surface area contributed by atoms with Gasteiger partial charge in [-0.05, 0) is 50.3 Å². The average Bonchev–Trinajstić information content (AvgIpc) is 2.51. The lowest BCUT2D eigenvalue weighted by atomic mass is 10.0. The summed E-state index contributed by atoms with van der Waals surface area (Å²) in [6, 6.07) is 7.37. The number of piperazine rings is 1. The van der Waals surface area contributed by atoms with Gasteiger partial charge in [0.15, 0.2) is 0 Å². The highest BCUT2D eigenvalue weighted by Crippen LogP contribution is 2.25. The van der Waals surface area contributed by atoms with Crippen molar-refractivity contribution in [1.29, 1.82) is 0 Å². The molecule has 3 rings (SSSR count). The maximum Gasteiger partial charge on any atom is 0.0399 e. The largest absolute Gasteiger partial charge is 0.369 e. The van der Waals surface area contributed by atoms with E-state index in [-0.39, 0.29) is 0 Å². The van der Waals surface area contributed by atoms with Crippen LogP contribution in [0.1, 0.15) is 30.4 Å². The maximum atomic E-state index is 2.66. The zero-order valence-electron chi connectivity index (χ0n) is 12.8. The molecule has 108 valence electrons. The van der Waals surface area contributed by atoms with Crippen LogP contribution in [-0.4, -0.2) is 37.1 Å². The summed E-state index contributed by atoms with van der Waals surface area (Å²) in [5.41, 5.74) is 4.28. The Morgan fingerprint density at radius 3 is 2.55 bits per heavy atom. The van der Waals surface area contributed by atoms with Gasteiger partial charge in [-0.3, -0.25) is 4.90 Å². The first kappa shape index (κ1) is 13.7. The van der Waals surface area contributed by atoms with Crippen LogP contribution in [0, 0.1) is 13.8 Å². The summed E-state index contributed by atoms with van der Waals surface area (Å²) < 4.78 is 0. The summed E-state index contributed by atoms with van der Waals surface area (Å²) in [4.78, 5) is 5.22. The minimum atomic E-state index is 0.699. The number of anilines is 1. The predicted octanol–water partition coefficient (Wildman–Crippen LogP) is 3.53. The van der Waals surface area contributed by atoms with Crippen molar-refractivity contribution in [2.45, 2.75) is 39.2 Å². The van der Waals surface area contributed by atoms with Crippen molar-refractivity contribution in [3.63, 3.8) is 0 Å². The van der Waals surface area contributed by atoms with Gasteiger partial charge in [0.25, 0.3) is 0 Å². The fourth-order valence-electron chi connectivity index (χ4n) is 3.47. The molecule has 0 amide bonds. The van der Waals surface area contributed by atoms with Crippen LogP contribution in [0.2, 0.25) is 0 Å². The Morgan fingerprint density at radius 1 is 1.05 bits per heavy atom. The Morgan fingerprint density at radius 2 is 1.85 bits per heavy atom. The SMILES string of the molecule is Cc1cccc(N2CCN(C3C=CCCC3)CC2)c1C. The molecular formula is C18H26N2. The van der Waals surface area contributed by atoms with E-state index in [0.29, 0.717) is 6.04 Å². The normalized spacial score (nSPS) is 24.1. The number of benzene rings is 1. The molecule has 0 aromatic heterocycles. The molecule has 0 N–H and O–H groups in total. The third-order valence-electron chi connectivity index (χ3n) is 4.93. The smallest absolute Gasteiger partial charge is 0.0399 e. The second-order valence-corrected chi connectivity index (χ2v) is 6.17. The van der Waals surface area contributed by atoms with E-state index in [1.54, 1.807) is 0 Å². The van der Waals surface area contributed by atoms with Crippen LogP contribution in [0.5, 0.6) is 0 Å². The van der Waals surface area contributed by atoms with Crippen LogP contribution in [0.25, 0.3) is 0 Å². The van der Waals surface area contributed by atoms with Crippen molar-refractivity contribution in [3.8, 4) is 0 Å². The first-order valence-electron chi connectivity index (χ1n) is 7.97. The van der Waals surface area contributed by atoms with E-state index in [1.165, 1.54) is 49.2 Å². The van der Waals surface area contributed by atoms with Crippen LogP contribution in [0.15, 0.2) is 30.4 Å². The monoisotopic (exact) mass is 270 g/mol.